The molecule has 0 fully saturated rings. The Labute approximate surface area is 106 Å². The second-order valence-electron chi connectivity index (χ2n) is 3.18. The summed E-state index contributed by atoms with van der Waals surface area (Å²) in [5, 5.41) is 9.93. The number of hydrogen-bond acceptors (Lipinski definition) is 4. The van der Waals surface area contributed by atoms with Gasteiger partial charge in [-0.05, 0) is 12.1 Å². The fraction of sp³-hybridized carbons (Fsp3) is 0.300. The van der Waals surface area contributed by atoms with E-state index in [1.807, 2.05) is 0 Å². The van der Waals surface area contributed by atoms with Gasteiger partial charge in [-0.2, -0.15) is 0 Å². The minimum absolute atomic E-state index is 0.0248. The van der Waals surface area contributed by atoms with Gasteiger partial charge in [0.2, 0.25) is 0 Å². The van der Waals surface area contributed by atoms with Crippen LogP contribution in [0.5, 0.6) is 5.75 Å². The predicted molar refractivity (Wildman–Crippen MR) is 64.4 cm³/mol. The Balaban J connectivity index is 3.03. The Morgan fingerprint density at radius 2 is 2.31 bits per heavy atom. The third-order valence-electron chi connectivity index (χ3n) is 2.10. The third-order valence-corrected chi connectivity index (χ3v) is 3.10. The van der Waals surface area contributed by atoms with E-state index in [0.717, 1.165) is 0 Å². The van der Waals surface area contributed by atoms with Crippen molar-refractivity contribution in [3.05, 3.63) is 27.2 Å². The van der Waals surface area contributed by atoms with Crippen molar-refractivity contribution in [3.8, 4) is 5.75 Å². The van der Waals surface area contributed by atoms with Crippen LogP contribution in [-0.4, -0.2) is 18.2 Å². The van der Waals surface area contributed by atoms with Gasteiger partial charge in [-0.15, -0.1) is 0 Å². The lowest BCUT2D eigenvalue weighted by atomic mass is 10.0. The van der Waals surface area contributed by atoms with E-state index in [2.05, 4.69) is 20.7 Å². The lowest BCUT2D eigenvalue weighted by molar-refractivity contribution is -0.141. The van der Waals surface area contributed by atoms with Crippen molar-refractivity contribution >= 4 is 33.5 Å². The largest absolute Gasteiger partial charge is 0.506 e. The second-order valence-corrected chi connectivity index (χ2v) is 4.44. The van der Waals surface area contributed by atoms with Crippen LogP contribution in [0.2, 0.25) is 5.02 Å². The summed E-state index contributed by atoms with van der Waals surface area (Å²) >= 11 is 9.00. The number of carbonyl (C=O) groups excluding carboxylic acids is 1. The van der Waals surface area contributed by atoms with Crippen molar-refractivity contribution in [2.75, 3.05) is 7.11 Å². The van der Waals surface area contributed by atoms with Crippen LogP contribution < -0.4 is 5.73 Å². The van der Waals surface area contributed by atoms with Crippen LogP contribution in [0.25, 0.3) is 0 Å². The number of benzene rings is 1. The minimum Gasteiger partial charge on any atom is -0.506 e. The molecule has 0 saturated heterocycles. The highest BCUT2D eigenvalue weighted by atomic mass is 79.9. The highest BCUT2D eigenvalue weighted by molar-refractivity contribution is 9.10. The van der Waals surface area contributed by atoms with Crippen LogP contribution in [0.4, 0.5) is 0 Å². The summed E-state index contributed by atoms with van der Waals surface area (Å²) in [7, 11) is 1.28. The van der Waals surface area contributed by atoms with Crippen LogP contribution in [0.15, 0.2) is 16.6 Å². The number of aromatic hydroxyl groups is 1. The molecule has 0 unspecified atom stereocenters. The molecule has 0 amide bonds. The van der Waals surface area contributed by atoms with Crippen LogP contribution in [0, 0.1) is 0 Å². The van der Waals surface area contributed by atoms with Crippen molar-refractivity contribution in [1.29, 1.82) is 0 Å². The van der Waals surface area contributed by atoms with Crippen LogP contribution in [-0.2, 0) is 9.53 Å². The van der Waals surface area contributed by atoms with Crippen molar-refractivity contribution in [2.45, 2.75) is 12.5 Å². The van der Waals surface area contributed by atoms with Gasteiger partial charge in [-0.3, -0.25) is 4.79 Å². The van der Waals surface area contributed by atoms with Crippen molar-refractivity contribution in [3.63, 3.8) is 0 Å². The molecule has 6 heteroatoms. The molecule has 1 atom stereocenters. The molecule has 1 rings (SSSR count). The molecule has 4 nitrogen and oxygen atoms in total. The number of nitrogens with two attached hydrogens (primary N) is 1. The molecule has 0 aliphatic carbocycles. The van der Waals surface area contributed by atoms with Crippen LogP contribution in [0.3, 0.4) is 0 Å². The number of methoxy groups -OCH3 is 1. The first kappa shape index (κ1) is 13.3. The number of halogens is 2. The molecular weight excluding hydrogens is 297 g/mol. The normalized spacial score (nSPS) is 12.2. The minimum atomic E-state index is -0.666. The number of carbonyl (C=O) groups is 1. The van der Waals surface area contributed by atoms with Gasteiger partial charge in [0.25, 0.3) is 0 Å². The quantitative estimate of drug-likeness (QED) is 0.841. The second kappa shape index (κ2) is 5.52. The number of ether oxygens (including phenoxy) is 1. The summed E-state index contributed by atoms with van der Waals surface area (Å²) in [6.07, 6.45) is -0.0248. The van der Waals surface area contributed by atoms with Crippen molar-refractivity contribution < 1.29 is 14.6 Å². The molecule has 1 aromatic carbocycles. The van der Waals surface area contributed by atoms with Crippen molar-refractivity contribution in [2.24, 2.45) is 5.73 Å². The number of hydrogen-bond donors (Lipinski definition) is 2. The van der Waals surface area contributed by atoms with Gasteiger partial charge in [0.15, 0.2) is 0 Å². The van der Waals surface area contributed by atoms with Gasteiger partial charge in [0, 0.05) is 16.1 Å². The fourth-order valence-corrected chi connectivity index (χ4v) is 2.05. The standard InChI is InChI=1S/C10H11BrClNO3/c1-16-8(14)4-7(13)9-5(11)2-3-6(12)10(9)15/h2-3,7,15H,4,13H2,1H3/t7-/m1/s1. The zero-order valence-electron chi connectivity index (χ0n) is 8.54. The van der Waals surface area contributed by atoms with Gasteiger partial charge >= 0.3 is 5.97 Å². The Kier molecular flexibility index (Phi) is 4.58. The first-order chi connectivity index (χ1) is 7.47. The summed E-state index contributed by atoms with van der Waals surface area (Å²) < 4.78 is 5.11. The molecule has 0 spiro atoms. The van der Waals surface area contributed by atoms with E-state index in [1.54, 1.807) is 6.07 Å². The van der Waals surface area contributed by atoms with Gasteiger partial charge in [-0.25, -0.2) is 0 Å². The summed E-state index contributed by atoms with van der Waals surface area (Å²) in [6, 6.07) is 2.53. The maximum Gasteiger partial charge on any atom is 0.307 e. The van der Waals surface area contributed by atoms with E-state index in [1.165, 1.54) is 13.2 Å². The molecule has 0 aliphatic heterocycles. The van der Waals surface area contributed by atoms with Crippen LogP contribution in [0.1, 0.15) is 18.0 Å². The predicted octanol–water partition coefficient (Wildman–Crippen LogP) is 2.37. The summed E-state index contributed by atoms with van der Waals surface area (Å²) in [5.41, 5.74) is 6.19. The molecule has 0 bridgehead atoms. The molecular formula is C10H11BrClNO3. The molecule has 0 radical (unpaired) electrons. The SMILES string of the molecule is COC(=O)C[C@@H](N)c1c(Br)ccc(Cl)c1O. The van der Waals surface area contributed by atoms with Gasteiger partial charge < -0.3 is 15.6 Å². The van der Waals surface area contributed by atoms with Gasteiger partial charge in [-0.1, -0.05) is 27.5 Å². The van der Waals surface area contributed by atoms with Crippen molar-refractivity contribution in [1.82, 2.24) is 0 Å². The third kappa shape index (κ3) is 2.87. The average molecular weight is 309 g/mol. The lowest BCUT2D eigenvalue weighted by Crippen LogP contribution is -2.17. The number of phenolic OH excluding ortho intramolecular Hbond substituents is 1. The summed E-state index contributed by atoms with van der Waals surface area (Å²) in [5.74, 6) is -0.564. The highest BCUT2D eigenvalue weighted by Crippen LogP contribution is 2.37. The molecule has 16 heavy (non-hydrogen) atoms. The first-order valence-corrected chi connectivity index (χ1v) is 5.63. The Hall–Kier alpha value is -0.780. The maximum absolute atomic E-state index is 11.1. The molecule has 0 aliphatic rings. The Bertz CT molecular complexity index is 411. The molecule has 0 aromatic heterocycles. The van der Waals surface area contributed by atoms with Crippen LogP contribution >= 0.6 is 27.5 Å². The fourth-order valence-electron chi connectivity index (χ4n) is 1.27. The van der Waals surface area contributed by atoms with E-state index in [4.69, 9.17) is 17.3 Å². The monoisotopic (exact) mass is 307 g/mol. The van der Waals surface area contributed by atoms with Gasteiger partial charge in [0.1, 0.15) is 5.75 Å². The van der Waals surface area contributed by atoms with E-state index in [9.17, 15) is 9.90 Å². The number of phenols is 1. The summed E-state index contributed by atoms with van der Waals surface area (Å²) in [4.78, 5) is 11.1. The molecule has 0 saturated carbocycles. The lowest BCUT2D eigenvalue weighted by Gasteiger charge is -2.15. The molecule has 88 valence electrons. The topological polar surface area (TPSA) is 72.5 Å². The number of rotatable bonds is 3. The zero-order chi connectivity index (χ0) is 12.3. The van der Waals surface area contributed by atoms with Gasteiger partial charge in [0.05, 0.1) is 18.6 Å². The summed E-state index contributed by atoms with van der Waals surface area (Å²) in [6.45, 7) is 0. The highest BCUT2D eigenvalue weighted by Gasteiger charge is 2.20. The first-order valence-electron chi connectivity index (χ1n) is 4.46. The van der Waals surface area contributed by atoms with E-state index in [0.29, 0.717) is 10.0 Å². The molecule has 1 aromatic rings. The van der Waals surface area contributed by atoms with E-state index < -0.39 is 12.0 Å². The zero-order valence-corrected chi connectivity index (χ0v) is 10.9. The van der Waals surface area contributed by atoms with E-state index >= 15 is 0 Å². The Morgan fingerprint density at radius 1 is 1.69 bits per heavy atom. The molecule has 3 N–H and O–H groups in total. The Morgan fingerprint density at radius 3 is 2.88 bits per heavy atom. The maximum atomic E-state index is 11.1. The van der Waals surface area contributed by atoms with E-state index in [-0.39, 0.29) is 17.2 Å². The number of esters is 1. The average Bonchev–Trinajstić information content (AvgIpc) is 2.24. The smallest absolute Gasteiger partial charge is 0.307 e. The molecule has 0 heterocycles.